The van der Waals surface area contributed by atoms with Crippen molar-refractivity contribution in [2.45, 2.75) is 6.18 Å². The van der Waals surface area contributed by atoms with Crippen molar-refractivity contribution in [2.75, 3.05) is 7.11 Å². The molecule has 2 aromatic heterocycles. The van der Waals surface area contributed by atoms with Crippen LogP contribution >= 0.6 is 0 Å². The highest BCUT2D eigenvalue weighted by molar-refractivity contribution is 6.02. The summed E-state index contributed by atoms with van der Waals surface area (Å²) in [5.74, 6) is -2.12. The summed E-state index contributed by atoms with van der Waals surface area (Å²) in [5.41, 5.74) is -1.75. The zero-order valence-corrected chi connectivity index (χ0v) is 15.9. The van der Waals surface area contributed by atoms with Gasteiger partial charge in [-0.3, -0.25) is 0 Å². The van der Waals surface area contributed by atoms with E-state index in [-0.39, 0.29) is 16.9 Å². The van der Waals surface area contributed by atoms with E-state index in [2.05, 4.69) is 10.3 Å². The number of carbonyl (C=O) groups is 1. The van der Waals surface area contributed by atoms with E-state index in [1.165, 1.54) is 12.1 Å². The Balaban J connectivity index is 1.97. The van der Waals surface area contributed by atoms with E-state index in [0.29, 0.717) is 10.2 Å². The number of methoxy groups -OCH3 is 1. The van der Waals surface area contributed by atoms with Gasteiger partial charge in [-0.2, -0.15) is 18.3 Å². The Morgan fingerprint density at radius 3 is 2.48 bits per heavy atom. The van der Waals surface area contributed by atoms with Crippen LogP contribution in [0.25, 0.3) is 28.3 Å². The summed E-state index contributed by atoms with van der Waals surface area (Å²) in [7, 11) is 1.09. The molecular formula is C21H13F4N3O3. The topological polar surface area (TPSA) is 70.2 Å². The van der Waals surface area contributed by atoms with Crippen molar-refractivity contribution in [1.29, 1.82) is 0 Å². The summed E-state index contributed by atoms with van der Waals surface area (Å²) in [6, 6.07) is 12.8. The van der Waals surface area contributed by atoms with Crippen molar-refractivity contribution in [2.24, 2.45) is 0 Å². The van der Waals surface area contributed by atoms with E-state index in [4.69, 9.17) is 9.26 Å². The van der Waals surface area contributed by atoms with Gasteiger partial charge in [0.05, 0.1) is 24.6 Å². The standard InChI is InChI=1S/C21H13F4N3O3/c1-30-20(29)16-17(12-6-3-2-4-7-12)27-31-18(16)15-11-26-28(19(15)21(23,24)25)14-9-5-8-13(22)10-14/h2-11H,1H3. The molecule has 0 saturated heterocycles. The number of esters is 1. The summed E-state index contributed by atoms with van der Waals surface area (Å²) in [4.78, 5) is 12.5. The normalized spacial score (nSPS) is 11.5. The molecular weight excluding hydrogens is 418 g/mol. The Labute approximate surface area is 172 Å². The molecule has 0 unspecified atom stereocenters. The molecule has 6 nitrogen and oxygen atoms in total. The highest BCUT2D eigenvalue weighted by Crippen LogP contribution is 2.41. The van der Waals surface area contributed by atoms with Crippen LogP contribution in [0.3, 0.4) is 0 Å². The molecule has 0 atom stereocenters. The number of hydrogen-bond donors (Lipinski definition) is 0. The minimum Gasteiger partial charge on any atom is -0.465 e. The quantitative estimate of drug-likeness (QED) is 0.331. The molecule has 0 radical (unpaired) electrons. The van der Waals surface area contributed by atoms with E-state index in [1.807, 2.05) is 0 Å². The van der Waals surface area contributed by atoms with Crippen LogP contribution in [0.2, 0.25) is 0 Å². The predicted molar refractivity (Wildman–Crippen MR) is 101 cm³/mol. The van der Waals surface area contributed by atoms with Gasteiger partial charge >= 0.3 is 12.1 Å². The fraction of sp³-hybridized carbons (Fsp3) is 0.0952. The zero-order chi connectivity index (χ0) is 22.2. The molecule has 0 aliphatic heterocycles. The smallest absolute Gasteiger partial charge is 0.434 e. The Morgan fingerprint density at radius 2 is 1.84 bits per heavy atom. The number of nitrogens with zero attached hydrogens (tertiary/aromatic N) is 3. The van der Waals surface area contributed by atoms with E-state index in [0.717, 1.165) is 25.4 Å². The lowest BCUT2D eigenvalue weighted by Crippen LogP contribution is -2.15. The van der Waals surface area contributed by atoms with Crippen molar-refractivity contribution >= 4 is 5.97 Å². The molecule has 2 heterocycles. The Bertz CT molecular complexity index is 1250. The van der Waals surface area contributed by atoms with Gasteiger partial charge in [0.2, 0.25) is 0 Å². The highest BCUT2D eigenvalue weighted by Gasteiger charge is 2.42. The number of ether oxygens (including phenoxy) is 1. The van der Waals surface area contributed by atoms with Gasteiger partial charge in [-0.25, -0.2) is 13.9 Å². The van der Waals surface area contributed by atoms with Crippen LogP contribution in [-0.2, 0) is 10.9 Å². The molecule has 4 aromatic rings. The summed E-state index contributed by atoms with van der Waals surface area (Å²) in [6.45, 7) is 0. The Kier molecular flexibility index (Phi) is 5.05. The largest absolute Gasteiger partial charge is 0.465 e. The van der Waals surface area contributed by atoms with Gasteiger partial charge in [0.15, 0.2) is 11.5 Å². The fourth-order valence-electron chi connectivity index (χ4n) is 3.15. The van der Waals surface area contributed by atoms with Crippen LogP contribution < -0.4 is 0 Å². The first-order valence-corrected chi connectivity index (χ1v) is 8.86. The maximum absolute atomic E-state index is 14.0. The van der Waals surface area contributed by atoms with Gasteiger partial charge < -0.3 is 9.26 Å². The van der Waals surface area contributed by atoms with Gasteiger partial charge in [-0.05, 0) is 18.2 Å². The minimum atomic E-state index is -4.91. The van der Waals surface area contributed by atoms with Crippen molar-refractivity contribution in [1.82, 2.24) is 14.9 Å². The average molecular weight is 431 g/mol. The van der Waals surface area contributed by atoms with E-state index in [9.17, 15) is 22.4 Å². The second kappa shape index (κ2) is 7.71. The third kappa shape index (κ3) is 3.67. The van der Waals surface area contributed by atoms with Crippen molar-refractivity contribution in [3.63, 3.8) is 0 Å². The lowest BCUT2D eigenvalue weighted by atomic mass is 10.0. The molecule has 158 valence electrons. The molecule has 0 aliphatic carbocycles. The Morgan fingerprint density at radius 1 is 1.10 bits per heavy atom. The summed E-state index contributed by atoms with van der Waals surface area (Å²) >= 11 is 0. The summed E-state index contributed by atoms with van der Waals surface area (Å²) in [5, 5.41) is 7.58. The zero-order valence-electron chi connectivity index (χ0n) is 15.9. The lowest BCUT2D eigenvalue weighted by molar-refractivity contribution is -0.142. The molecule has 0 N–H and O–H groups in total. The van der Waals surface area contributed by atoms with Crippen molar-refractivity contribution < 1.29 is 31.6 Å². The van der Waals surface area contributed by atoms with Crippen LogP contribution in [0.4, 0.5) is 17.6 Å². The summed E-state index contributed by atoms with van der Waals surface area (Å²) in [6.07, 6.45) is -4.03. The van der Waals surface area contributed by atoms with Crippen molar-refractivity contribution in [3.8, 4) is 28.3 Å². The molecule has 31 heavy (non-hydrogen) atoms. The first-order valence-electron chi connectivity index (χ1n) is 8.86. The summed E-state index contributed by atoms with van der Waals surface area (Å²) < 4.78 is 66.2. The third-order valence-corrected chi connectivity index (χ3v) is 4.46. The maximum atomic E-state index is 14.0. The second-order valence-electron chi connectivity index (χ2n) is 6.39. The third-order valence-electron chi connectivity index (χ3n) is 4.46. The molecule has 0 aliphatic rings. The first-order chi connectivity index (χ1) is 14.8. The van der Waals surface area contributed by atoms with Crippen LogP contribution in [0.5, 0.6) is 0 Å². The monoisotopic (exact) mass is 431 g/mol. The van der Waals surface area contributed by atoms with Gasteiger partial charge in [-0.1, -0.05) is 41.6 Å². The first kappa shape index (κ1) is 20.3. The molecule has 2 aromatic carbocycles. The molecule has 0 spiro atoms. The van der Waals surface area contributed by atoms with Gasteiger partial charge in [0.1, 0.15) is 17.1 Å². The number of carbonyl (C=O) groups excluding carboxylic acids is 1. The lowest BCUT2D eigenvalue weighted by Gasteiger charge is -2.12. The van der Waals surface area contributed by atoms with Gasteiger partial charge in [-0.15, -0.1) is 0 Å². The fourth-order valence-corrected chi connectivity index (χ4v) is 3.15. The molecule has 0 bridgehead atoms. The van der Waals surface area contributed by atoms with Crippen LogP contribution in [0.15, 0.2) is 65.3 Å². The SMILES string of the molecule is COC(=O)c1c(-c2ccccc2)noc1-c1cnn(-c2cccc(F)c2)c1C(F)(F)F. The average Bonchev–Trinajstić information content (AvgIpc) is 3.38. The van der Waals surface area contributed by atoms with E-state index < -0.39 is 35.0 Å². The van der Waals surface area contributed by atoms with Crippen LogP contribution in [-0.4, -0.2) is 28.0 Å². The van der Waals surface area contributed by atoms with Crippen molar-refractivity contribution in [3.05, 3.63) is 77.9 Å². The molecule has 0 amide bonds. The Hall–Kier alpha value is -3.95. The number of benzene rings is 2. The maximum Gasteiger partial charge on any atom is 0.434 e. The van der Waals surface area contributed by atoms with E-state index >= 15 is 0 Å². The van der Waals surface area contributed by atoms with Crippen LogP contribution in [0.1, 0.15) is 16.1 Å². The predicted octanol–water partition coefficient (Wildman–Crippen LogP) is 5.14. The molecule has 0 fully saturated rings. The second-order valence-corrected chi connectivity index (χ2v) is 6.39. The number of hydrogen-bond acceptors (Lipinski definition) is 5. The molecule has 4 rings (SSSR count). The van der Waals surface area contributed by atoms with E-state index in [1.54, 1.807) is 30.3 Å². The molecule has 10 heteroatoms. The van der Waals surface area contributed by atoms with Gasteiger partial charge in [0.25, 0.3) is 0 Å². The van der Waals surface area contributed by atoms with Gasteiger partial charge in [0, 0.05) is 5.56 Å². The number of aromatic nitrogens is 3. The van der Waals surface area contributed by atoms with Crippen LogP contribution in [0, 0.1) is 5.82 Å². The number of alkyl halides is 3. The number of rotatable bonds is 4. The minimum absolute atomic E-state index is 0.0223. The number of halogens is 4. The molecule has 0 saturated carbocycles. The highest BCUT2D eigenvalue weighted by atomic mass is 19.4.